The summed E-state index contributed by atoms with van der Waals surface area (Å²) in [5, 5.41) is 8.92. The fourth-order valence-corrected chi connectivity index (χ4v) is 2.03. The maximum Gasteiger partial charge on any atom is 0.323 e. The van der Waals surface area contributed by atoms with Gasteiger partial charge in [0, 0.05) is 19.3 Å². The monoisotopic (exact) mass is 266 g/mol. The highest BCUT2D eigenvalue weighted by Crippen LogP contribution is 2.10. The average Bonchev–Trinajstić information content (AvgIpc) is 2.74. The smallest absolute Gasteiger partial charge is 0.323 e. The molecule has 0 aromatic carbocycles. The number of aryl methyl sites for hydroxylation is 1. The number of nitrogens with zero attached hydrogens (tertiary/aromatic N) is 2. The number of hydrogen-bond donors (Lipinski definition) is 1. The minimum Gasteiger partial charge on any atom is -0.480 e. The van der Waals surface area contributed by atoms with Crippen LogP contribution in [0.25, 0.3) is 0 Å². The van der Waals surface area contributed by atoms with Crippen molar-refractivity contribution < 1.29 is 14.7 Å². The summed E-state index contributed by atoms with van der Waals surface area (Å²) in [6.07, 6.45) is 2.78. The maximum absolute atomic E-state index is 12.4. The lowest BCUT2D eigenvalue weighted by atomic mass is 10.2. The Bertz CT molecular complexity index is 438. The van der Waals surface area contributed by atoms with E-state index in [1.807, 2.05) is 37.6 Å². The molecule has 0 saturated carbocycles. The van der Waals surface area contributed by atoms with Crippen molar-refractivity contribution in [2.45, 2.75) is 33.7 Å². The van der Waals surface area contributed by atoms with E-state index >= 15 is 0 Å². The number of aromatic nitrogens is 1. The number of rotatable bonds is 7. The molecule has 1 aromatic rings. The Balaban J connectivity index is 2.91. The molecule has 0 radical (unpaired) electrons. The zero-order valence-electron chi connectivity index (χ0n) is 11.8. The Hall–Kier alpha value is -1.78. The van der Waals surface area contributed by atoms with Crippen molar-refractivity contribution in [1.29, 1.82) is 0 Å². The van der Waals surface area contributed by atoms with Crippen LogP contribution >= 0.6 is 0 Å². The third-order valence-corrected chi connectivity index (χ3v) is 2.71. The van der Waals surface area contributed by atoms with Crippen LogP contribution in [0.15, 0.2) is 18.3 Å². The minimum atomic E-state index is -0.984. The molecule has 5 heteroatoms. The molecule has 0 aliphatic heterocycles. The van der Waals surface area contributed by atoms with Crippen LogP contribution in [0.4, 0.5) is 0 Å². The van der Waals surface area contributed by atoms with Gasteiger partial charge in [0.05, 0.1) is 0 Å². The Morgan fingerprint density at radius 1 is 1.42 bits per heavy atom. The standard InChI is InChI=1S/C14H22N2O3/c1-4-7-15-8-5-6-12(15)14(19)16(9-11(2)3)10-13(17)18/h5-6,8,11H,4,7,9-10H2,1-3H3,(H,17,18). The van der Waals surface area contributed by atoms with Crippen molar-refractivity contribution >= 4 is 11.9 Å². The van der Waals surface area contributed by atoms with Crippen LogP contribution in [0.3, 0.4) is 0 Å². The molecule has 0 aliphatic carbocycles. The lowest BCUT2D eigenvalue weighted by Crippen LogP contribution is -2.39. The molecule has 0 aliphatic rings. The molecular formula is C14H22N2O3. The third kappa shape index (κ3) is 4.43. The fourth-order valence-electron chi connectivity index (χ4n) is 2.03. The first-order valence-corrected chi connectivity index (χ1v) is 6.61. The number of carboxylic acids is 1. The molecule has 1 heterocycles. The molecule has 1 N–H and O–H groups in total. The first-order valence-electron chi connectivity index (χ1n) is 6.61. The number of hydrogen-bond acceptors (Lipinski definition) is 2. The summed E-state index contributed by atoms with van der Waals surface area (Å²) in [5.41, 5.74) is 0.559. The summed E-state index contributed by atoms with van der Waals surface area (Å²) < 4.78 is 1.87. The molecule has 106 valence electrons. The van der Waals surface area contributed by atoms with Crippen molar-refractivity contribution in [1.82, 2.24) is 9.47 Å². The van der Waals surface area contributed by atoms with E-state index in [2.05, 4.69) is 0 Å². The molecular weight excluding hydrogens is 244 g/mol. The van der Waals surface area contributed by atoms with Crippen molar-refractivity contribution in [3.05, 3.63) is 24.0 Å². The molecule has 0 saturated heterocycles. The second-order valence-electron chi connectivity index (χ2n) is 5.06. The van der Waals surface area contributed by atoms with Gasteiger partial charge in [-0.2, -0.15) is 0 Å². The molecule has 1 aromatic heterocycles. The van der Waals surface area contributed by atoms with E-state index in [9.17, 15) is 9.59 Å². The average molecular weight is 266 g/mol. The zero-order valence-corrected chi connectivity index (χ0v) is 11.8. The van der Waals surface area contributed by atoms with Crippen molar-refractivity contribution in [3.8, 4) is 0 Å². The summed E-state index contributed by atoms with van der Waals surface area (Å²) in [5.74, 6) is -0.963. The van der Waals surface area contributed by atoms with E-state index < -0.39 is 5.97 Å². The van der Waals surface area contributed by atoms with E-state index in [0.717, 1.165) is 13.0 Å². The van der Waals surface area contributed by atoms with Gasteiger partial charge < -0.3 is 14.6 Å². The Morgan fingerprint density at radius 2 is 2.11 bits per heavy atom. The van der Waals surface area contributed by atoms with E-state index in [1.165, 1.54) is 4.90 Å². The van der Waals surface area contributed by atoms with Crippen LogP contribution in [0.2, 0.25) is 0 Å². The van der Waals surface area contributed by atoms with Crippen LogP contribution in [0, 0.1) is 5.92 Å². The molecule has 0 fully saturated rings. The minimum absolute atomic E-state index is 0.213. The number of carboxylic acid groups (broad SMARTS) is 1. The second kappa shape index (κ2) is 6.97. The molecule has 0 unspecified atom stereocenters. The maximum atomic E-state index is 12.4. The Labute approximate surface area is 113 Å². The van der Waals surface area contributed by atoms with Gasteiger partial charge in [-0.3, -0.25) is 9.59 Å². The van der Waals surface area contributed by atoms with Crippen LogP contribution in [-0.4, -0.2) is 39.5 Å². The predicted octanol–water partition coefficient (Wildman–Crippen LogP) is 2.08. The molecule has 0 bridgehead atoms. The summed E-state index contributed by atoms with van der Waals surface area (Å²) in [6, 6.07) is 3.56. The van der Waals surface area contributed by atoms with Crippen LogP contribution in [0.1, 0.15) is 37.7 Å². The number of aliphatic carboxylic acids is 1. The van der Waals surface area contributed by atoms with E-state index in [-0.39, 0.29) is 18.4 Å². The quantitative estimate of drug-likeness (QED) is 0.822. The van der Waals surface area contributed by atoms with Crippen LogP contribution < -0.4 is 0 Å². The van der Waals surface area contributed by atoms with Crippen LogP contribution in [-0.2, 0) is 11.3 Å². The Kier molecular flexibility index (Phi) is 5.60. The molecule has 0 atom stereocenters. The predicted molar refractivity (Wildman–Crippen MR) is 73.1 cm³/mol. The lowest BCUT2D eigenvalue weighted by molar-refractivity contribution is -0.137. The second-order valence-corrected chi connectivity index (χ2v) is 5.06. The normalized spacial score (nSPS) is 10.7. The van der Waals surface area contributed by atoms with Crippen LogP contribution in [0.5, 0.6) is 0 Å². The number of carbonyl (C=O) groups is 2. The van der Waals surface area contributed by atoms with E-state index in [1.54, 1.807) is 6.07 Å². The van der Waals surface area contributed by atoms with Gasteiger partial charge in [-0.05, 0) is 24.5 Å². The van der Waals surface area contributed by atoms with Gasteiger partial charge in [-0.1, -0.05) is 20.8 Å². The van der Waals surface area contributed by atoms with Gasteiger partial charge in [-0.15, -0.1) is 0 Å². The SMILES string of the molecule is CCCn1cccc1C(=O)N(CC(=O)O)CC(C)C. The fraction of sp³-hybridized carbons (Fsp3) is 0.571. The van der Waals surface area contributed by atoms with Crippen molar-refractivity contribution in [2.24, 2.45) is 5.92 Å². The van der Waals surface area contributed by atoms with Crippen molar-refractivity contribution in [2.75, 3.05) is 13.1 Å². The Morgan fingerprint density at radius 3 is 2.63 bits per heavy atom. The van der Waals surface area contributed by atoms with Gasteiger partial charge in [0.25, 0.3) is 5.91 Å². The molecule has 1 amide bonds. The first-order chi connectivity index (χ1) is 8.95. The molecule has 0 spiro atoms. The third-order valence-electron chi connectivity index (χ3n) is 2.71. The number of carbonyl (C=O) groups excluding carboxylic acids is 1. The largest absolute Gasteiger partial charge is 0.480 e. The molecule has 19 heavy (non-hydrogen) atoms. The first kappa shape index (κ1) is 15.3. The van der Waals surface area contributed by atoms with Gasteiger partial charge >= 0.3 is 5.97 Å². The van der Waals surface area contributed by atoms with E-state index in [4.69, 9.17) is 5.11 Å². The number of amides is 1. The van der Waals surface area contributed by atoms with Gasteiger partial charge in [0.15, 0.2) is 0 Å². The summed E-state index contributed by atoms with van der Waals surface area (Å²) >= 11 is 0. The van der Waals surface area contributed by atoms with Gasteiger partial charge in [0.1, 0.15) is 12.2 Å². The molecule has 1 rings (SSSR count). The topological polar surface area (TPSA) is 62.5 Å². The lowest BCUT2D eigenvalue weighted by Gasteiger charge is -2.23. The van der Waals surface area contributed by atoms with Crippen molar-refractivity contribution in [3.63, 3.8) is 0 Å². The highest BCUT2D eigenvalue weighted by molar-refractivity contribution is 5.94. The van der Waals surface area contributed by atoms with Gasteiger partial charge in [0.2, 0.25) is 0 Å². The highest BCUT2D eigenvalue weighted by atomic mass is 16.4. The highest BCUT2D eigenvalue weighted by Gasteiger charge is 2.21. The molecule has 5 nitrogen and oxygen atoms in total. The van der Waals surface area contributed by atoms with Gasteiger partial charge in [-0.25, -0.2) is 0 Å². The summed E-state index contributed by atoms with van der Waals surface area (Å²) in [4.78, 5) is 24.7. The summed E-state index contributed by atoms with van der Waals surface area (Å²) in [7, 11) is 0. The van der Waals surface area contributed by atoms with E-state index in [0.29, 0.717) is 12.2 Å². The summed E-state index contributed by atoms with van der Waals surface area (Å²) in [6.45, 7) is 6.92. The zero-order chi connectivity index (χ0) is 14.4.